The summed E-state index contributed by atoms with van der Waals surface area (Å²) in [6.07, 6.45) is 9.74. The Morgan fingerprint density at radius 2 is 2.15 bits per heavy atom. The SMILES string of the molecule is CCCCCC[N+]1(Br)C=CN(C)C1. The summed E-state index contributed by atoms with van der Waals surface area (Å²) in [5.74, 6) is 0. The first-order valence-electron chi connectivity index (χ1n) is 5.12. The van der Waals surface area contributed by atoms with E-state index in [1.54, 1.807) is 0 Å². The Balaban J connectivity index is 2.17. The van der Waals surface area contributed by atoms with Crippen LogP contribution < -0.4 is 0 Å². The van der Waals surface area contributed by atoms with Crippen LogP contribution in [0, 0.1) is 0 Å². The van der Waals surface area contributed by atoms with Crippen LogP contribution >= 0.6 is 16.1 Å². The summed E-state index contributed by atoms with van der Waals surface area (Å²) in [5, 5.41) is 0. The van der Waals surface area contributed by atoms with Crippen molar-refractivity contribution < 1.29 is 3.51 Å². The lowest BCUT2D eigenvalue weighted by Crippen LogP contribution is -2.34. The van der Waals surface area contributed by atoms with Gasteiger partial charge in [0, 0.05) is 7.05 Å². The summed E-state index contributed by atoms with van der Waals surface area (Å²) in [7, 11) is 2.11. The lowest BCUT2D eigenvalue weighted by Gasteiger charge is -2.23. The molecule has 0 spiro atoms. The minimum absolute atomic E-state index is 0.910. The molecule has 0 aromatic carbocycles. The van der Waals surface area contributed by atoms with Crippen molar-refractivity contribution in [1.82, 2.24) is 4.90 Å². The van der Waals surface area contributed by atoms with Gasteiger partial charge in [0.2, 0.25) is 16.1 Å². The molecule has 0 saturated carbocycles. The Bertz CT molecular complexity index is 182. The third-order valence-electron chi connectivity index (χ3n) is 2.43. The van der Waals surface area contributed by atoms with Gasteiger partial charge in [-0.25, -0.2) is 3.51 Å². The van der Waals surface area contributed by atoms with E-state index in [1.807, 2.05) is 0 Å². The van der Waals surface area contributed by atoms with Gasteiger partial charge in [0.1, 0.15) is 6.20 Å². The Hall–Kier alpha value is -0.0200. The molecule has 0 aromatic rings. The van der Waals surface area contributed by atoms with Gasteiger partial charge in [0.05, 0.1) is 12.7 Å². The largest absolute Gasteiger partial charge is 0.329 e. The first-order chi connectivity index (χ1) is 6.16. The lowest BCUT2D eigenvalue weighted by molar-refractivity contribution is -0.726. The van der Waals surface area contributed by atoms with Crippen molar-refractivity contribution in [3.8, 4) is 0 Å². The molecule has 0 aromatic heterocycles. The number of nitrogens with zero attached hydrogens (tertiary/aromatic N) is 2. The molecule has 0 amide bonds. The van der Waals surface area contributed by atoms with Gasteiger partial charge in [-0.1, -0.05) is 19.8 Å². The van der Waals surface area contributed by atoms with Crippen LogP contribution in [0.3, 0.4) is 0 Å². The molecule has 0 saturated heterocycles. The van der Waals surface area contributed by atoms with Crippen molar-refractivity contribution in [1.29, 1.82) is 0 Å². The second kappa shape index (κ2) is 5.01. The van der Waals surface area contributed by atoms with E-state index in [-0.39, 0.29) is 0 Å². The fourth-order valence-electron chi connectivity index (χ4n) is 1.65. The summed E-state index contributed by atoms with van der Waals surface area (Å²) < 4.78 is 0.910. The summed E-state index contributed by atoms with van der Waals surface area (Å²) in [4.78, 5) is 2.22. The summed E-state index contributed by atoms with van der Waals surface area (Å²) in [5.41, 5.74) is 0. The highest BCUT2D eigenvalue weighted by molar-refractivity contribution is 9.05. The number of hydrogen-bond donors (Lipinski definition) is 0. The van der Waals surface area contributed by atoms with Gasteiger partial charge < -0.3 is 4.90 Å². The fraction of sp³-hybridized carbons (Fsp3) is 0.800. The van der Waals surface area contributed by atoms with Gasteiger partial charge in [-0.15, -0.1) is 0 Å². The molecule has 1 atom stereocenters. The van der Waals surface area contributed by atoms with E-state index < -0.39 is 0 Å². The van der Waals surface area contributed by atoms with Crippen LogP contribution in [0.25, 0.3) is 0 Å². The number of unbranched alkanes of at least 4 members (excludes halogenated alkanes) is 3. The van der Waals surface area contributed by atoms with E-state index in [1.165, 1.54) is 32.2 Å². The van der Waals surface area contributed by atoms with Gasteiger partial charge in [-0.05, 0) is 12.8 Å². The van der Waals surface area contributed by atoms with Crippen molar-refractivity contribution in [2.24, 2.45) is 0 Å². The molecule has 13 heavy (non-hydrogen) atoms. The number of rotatable bonds is 5. The second-order valence-corrected chi connectivity index (χ2v) is 5.32. The zero-order valence-corrected chi connectivity index (χ0v) is 10.3. The van der Waals surface area contributed by atoms with Crippen LogP contribution in [0.4, 0.5) is 0 Å². The molecule has 1 heterocycles. The molecule has 0 bridgehead atoms. The van der Waals surface area contributed by atoms with Crippen LogP contribution in [0.2, 0.25) is 0 Å². The highest BCUT2D eigenvalue weighted by atomic mass is 79.9. The molecule has 0 aliphatic carbocycles. The van der Waals surface area contributed by atoms with Crippen molar-refractivity contribution >= 4 is 16.1 Å². The number of quaternary nitrogens is 1. The minimum atomic E-state index is 0.910. The van der Waals surface area contributed by atoms with Gasteiger partial charge in [0.15, 0.2) is 6.67 Å². The van der Waals surface area contributed by atoms with E-state index >= 15 is 0 Å². The molecule has 2 nitrogen and oxygen atoms in total. The first kappa shape index (κ1) is 11.1. The maximum absolute atomic E-state index is 3.75. The normalized spacial score (nSPS) is 27.2. The van der Waals surface area contributed by atoms with Crippen molar-refractivity contribution in [3.05, 3.63) is 12.4 Å². The monoisotopic (exact) mass is 247 g/mol. The van der Waals surface area contributed by atoms with Crippen molar-refractivity contribution in [3.63, 3.8) is 0 Å². The smallest absolute Gasteiger partial charge is 0.234 e. The van der Waals surface area contributed by atoms with Crippen LogP contribution in [0.1, 0.15) is 32.6 Å². The summed E-state index contributed by atoms with van der Waals surface area (Å²) >= 11 is 3.75. The molecule has 0 N–H and O–H groups in total. The molecule has 1 rings (SSSR count). The minimum Gasteiger partial charge on any atom is -0.329 e. The topological polar surface area (TPSA) is 3.24 Å². The Labute approximate surface area is 90.1 Å². The number of halogens is 1. The van der Waals surface area contributed by atoms with Gasteiger partial charge in [-0.3, -0.25) is 0 Å². The standard InChI is InChI=1S/C10H20BrN2/c1-3-4-5-6-8-13(11)9-7-12(2)10-13/h7,9H,3-6,8,10H2,1-2H3/q+1. The highest BCUT2D eigenvalue weighted by Gasteiger charge is 2.27. The molecule has 3 heteroatoms. The maximum atomic E-state index is 3.75. The predicted octanol–water partition coefficient (Wildman–Crippen LogP) is 3.07. The fourth-order valence-corrected chi connectivity index (χ4v) is 2.36. The average Bonchev–Trinajstić information content (AvgIpc) is 2.41. The van der Waals surface area contributed by atoms with Crippen LogP contribution in [-0.4, -0.2) is 28.7 Å². The molecule has 0 radical (unpaired) electrons. The van der Waals surface area contributed by atoms with E-state index in [2.05, 4.69) is 47.4 Å². The molecular weight excluding hydrogens is 228 g/mol. The van der Waals surface area contributed by atoms with Gasteiger partial charge in [-0.2, -0.15) is 0 Å². The second-order valence-electron chi connectivity index (χ2n) is 3.91. The first-order valence-corrected chi connectivity index (χ1v) is 5.83. The lowest BCUT2D eigenvalue weighted by atomic mass is 10.2. The third kappa shape index (κ3) is 3.69. The summed E-state index contributed by atoms with van der Waals surface area (Å²) in [6.45, 7) is 4.52. The van der Waals surface area contributed by atoms with E-state index in [9.17, 15) is 0 Å². The Morgan fingerprint density at radius 1 is 1.38 bits per heavy atom. The van der Waals surface area contributed by atoms with Gasteiger partial charge in [0.25, 0.3) is 0 Å². The Morgan fingerprint density at radius 3 is 2.69 bits per heavy atom. The van der Waals surface area contributed by atoms with E-state index in [4.69, 9.17) is 0 Å². The predicted molar refractivity (Wildman–Crippen MR) is 60.0 cm³/mol. The third-order valence-corrected chi connectivity index (χ3v) is 3.25. The molecule has 1 aliphatic rings. The molecule has 1 unspecified atom stereocenters. The van der Waals surface area contributed by atoms with Crippen molar-refractivity contribution in [2.75, 3.05) is 20.3 Å². The molecule has 76 valence electrons. The quantitative estimate of drug-likeness (QED) is 0.534. The summed E-state index contributed by atoms with van der Waals surface area (Å²) in [6, 6.07) is 0. The Kier molecular flexibility index (Phi) is 4.26. The zero-order chi connectivity index (χ0) is 9.73. The highest BCUT2D eigenvalue weighted by Crippen LogP contribution is 2.24. The molecular formula is C10H20BrN2+. The number of hydrogen-bond acceptors (Lipinski definition) is 1. The maximum Gasteiger partial charge on any atom is 0.234 e. The van der Waals surface area contributed by atoms with Crippen LogP contribution in [0.15, 0.2) is 12.4 Å². The average molecular weight is 248 g/mol. The van der Waals surface area contributed by atoms with Crippen LogP contribution in [-0.2, 0) is 0 Å². The van der Waals surface area contributed by atoms with Crippen LogP contribution in [0.5, 0.6) is 0 Å². The van der Waals surface area contributed by atoms with Gasteiger partial charge >= 0.3 is 0 Å². The molecule has 0 fully saturated rings. The van der Waals surface area contributed by atoms with E-state index in [0.29, 0.717) is 0 Å². The van der Waals surface area contributed by atoms with E-state index in [0.717, 1.165) is 10.2 Å². The van der Waals surface area contributed by atoms with Crippen molar-refractivity contribution in [2.45, 2.75) is 32.6 Å². The molecule has 1 aliphatic heterocycles. The zero-order valence-electron chi connectivity index (χ0n) is 8.67.